The summed E-state index contributed by atoms with van der Waals surface area (Å²) in [5, 5.41) is 8.47. The summed E-state index contributed by atoms with van der Waals surface area (Å²) in [4.78, 5) is 0. The van der Waals surface area contributed by atoms with Crippen LogP contribution in [-0.4, -0.2) is 11.9 Å². The Bertz CT molecular complexity index is 727. The van der Waals surface area contributed by atoms with E-state index in [1.54, 1.807) is 18.3 Å². The monoisotopic (exact) mass is 292 g/mol. The Morgan fingerprint density at radius 1 is 0.955 bits per heavy atom. The lowest BCUT2D eigenvalue weighted by Crippen LogP contribution is -2.11. The Morgan fingerprint density at radius 3 is 2.64 bits per heavy atom. The molecule has 3 heteroatoms. The molecule has 0 radical (unpaired) electrons. The number of aryl methyl sites for hydroxylation is 1. The molecule has 0 spiro atoms. The molecule has 0 saturated carbocycles. The van der Waals surface area contributed by atoms with Crippen LogP contribution < -0.4 is 0 Å². The molecular weight excluding hydrogens is 275 g/mol. The van der Waals surface area contributed by atoms with E-state index in [0.717, 1.165) is 30.5 Å². The SMILES string of the molecule is Fc1ccc(/C=C/C=N/N=C2/CCCc3ccccc32)cc1. The number of hydrogen-bond acceptors (Lipinski definition) is 2. The van der Waals surface area contributed by atoms with Gasteiger partial charge in [0.15, 0.2) is 0 Å². The summed E-state index contributed by atoms with van der Waals surface area (Å²) in [6.45, 7) is 0. The van der Waals surface area contributed by atoms with E-state index in [9.17, 15) is 4.39 Å². The van der Waals surface area contributed by atoms with Gasteiger partial charge in [0.2, 0.25) is 0 Å². The molecule has 22 heavy (non-hydrogen) atoms. The lowest BCUT2D eigenvalue weighted by atomic mass is 9.90. The van der Waals surface area contributed by atoms with Crippen LogP contribution in [0.4, 0.5) is 4.39 Å². The predicted octanol–water partition coefficient (Wildman–Crippen LogP) is 4.65. The highest BCUT2D eigenvalue weighted by Gasteiger charge is 2.14. The fraction of sp³-hybridized carbons (Fsp3) is 0.158. The van der Waals surface area contributed by atoms with Crippen molar-refractivity contribution in [1.29, 1.82) is 0 Å². The Balaban J connectivity index is 1.68. The molecule has 2 aromatic rings. The van der Waals surface area contributed by atoms with Crippen molar-refractivity contribution in [2.45, 2.75) is 19.3 Å². The normalized spacial score (nSPS) is 16.5. The van der Waals surface area contributed by atoms with Gasteiger partial charge in [-0.1, -0.05) is 42.5 Å². The second kappa shape index (κ2) is 6.94. The molecule has 0 atom stereocenters. The first-order valence-electron chi connectivity index (χ1n) is 7.43. The molecule has 110 valence electrons. The number of rotatable bonds is 3. The molecule has 2 aromatic carbocycles. The zero-order valence-corrected chi connectivity index (χ0v) is 12.2. The van der Waals surface area contributed by atoms with Gasteiger partial charge in [0.05, 0.1) is 5.71 Å². The molecule has 0 aliphatic heterocycles. The summed E-state index contributed by atoms with van der Waals surface area (Å²) < 4.78 is 12.8. The maximum atomic E-state index is 12.8. The third kappa shape index (κ3) is 3.55. The van der Waals surface area contributed by atoms with Crippen LogP contribution in [0.5, 0.6) is 0 Å². The van der Waals surface area contributed by atoms with Crippen molar-refractivity contribution in [3.63, 3.8) is 0 Å². The van der Waals surface area contributed by atoms with Crippen LogP contribution in [0.15, 0.2) is 64.8 Å². The van der Waals surface area contributed by atoms with Gasteiger partial charge < -0.3 is 0 Å². The van der Waals surface area contributed by atoms with Gasteiger partial charge in [0.25, 0.3) is 0 Å². The van der Waals surface area contributed by atoms with Gasteiger partial charge in [-0.3, -0.25) is 0 Å². The molecule has 3 rings (SSSR count). The Labute approximate surface area is 129 Å². The quantitative estimate of drug-likeness (QED) is 0.581. The third-order valence-electron chi connectivity index (χ3n) is 3.68. The van der Waals surface area contributed by atoms with Crippen LogP contribution in [0, 0.1) is 5.82 Å². The van der Waals surface area contributed by atoms with Gasteiger partial charge in [0.1, 0.15) is 5.82 Å². The lowest BCUT2D eigenvalue weighted by molar-refractivity contribution is 0.628. The van der Waals surface area contributed by atoms with E-state index >= 15 is 0 Å². The molecule has 0 saturated heterocycles. The minimum absolute atomic E-state index is 0.229. The van der Waals surface area contributed by atoms with E-state index in [-0.39, 0.29) is 5.82 Å². The molecule has 1 aliphatic rings. The van der Waals surface area contributed by atoms with Crippen LogP contribution in [0.1, 0.15) is 29.5 Å². The van der Waals surface area contributed by atoms with Crippen LogP contribution in [-0.2, 0) is 6.42 Å². The average molecular weight is 292 g/mol. The van der Waals surface area contributed by atoms with E-state index in [1.165, 1.54) is 23.3 Å². The molecule has 0 aromatic heterocycles. The van der Waals surface area contributed by atoms with Gasteiger partial charge in [-0.2, -0.15) is 10.2 Å². The van der Waals surface area contributed by atoms with Gasteiger partial charge in [-0.15, -0.1) is 0 Å². The smallest absolute Gasteiger partial charge is 0.123 e. The summed E-state index contributed by atoms with van der Waals surface area (Å²) in [6.07, 6.45) is 8.55. The van der Waals surface area contributed by atoms with Crippen LogP contribution in [0.25, 0.3) is 6.08 Å². The van der Waals surface area contributed by atoms with E-state index in [2.05, 4.69) is 28.4 Å². The highest BCUT2D eigenvalue weighted by Crippen LogP contribution is 2.21. The molecule has 0 bridgehead atoms. The molecule has 0 heterocycles. The van der Waals surface area contributed by atoms with E-state index in [1.807, 2.05) is 18.2 Å². The first kappa shape index (κ1) is 14.4. The van der Waals surface area contributed by atoms with Crippen molar-refractivity contribution >= 4 is 18.0 Å². The van der Waals surface area contributed by atoms with Crippen LogP contribution >= 0.6 is 0 Å². The van der Waals surface area contributed by atoms with Crippen LogP contribution in [0.2, 0.25) is 0 Å². The van der Waals surface area contributed by atoms with Gasteiger partial charge in [-0.05, 0) is 48.6 Å². The van der Waals surface area contributed by atoms with Gasteiger partial charge in [0, 0.05) is 11.8 Å². The Kier molecular flexibility index (Phi) is 4.54. The van der Waals surface area contributed by atoms with E-state index < -0.39 is 0 Å². The summed E-state index contributed by atoms with van der Waals surface area (Å²) in [5.41, 5.74) is 4.55. The molecule has 0 unspecified atom stereocenters. The van der Waals surface area contributed by atoms with Gasteiger partial charge >= 0.3 is 0 Å². The first-order valence-corrected chi connectivity index (χ1v) is 7.43. The zero-order valence-electron chi connectivity index (χ0n) is 12.2. The maximum Gasteiger partial charge on any atom is 0.123 e. The van der Waals surface area contributed by atoms with Crippen molar-refractivity contribution in [3.05, 3.63) is 77.1 Å². The molecule has 1 aliphatic carbocycles. The van der Waals surface area contributed by atoms with Crippen molar-refractivity contribution in [2.24, 2.45) is 10.2 Å². The maximum absolute atomic E-state index is 12.8. The standard InChI is InChI=1S/C19H17FN2/c20-17-12-10-15(11-13-17)5-4-14-21-22-19-9-3-7-16-6-1-2-8-18(16)19/h1-2,4-6,8,10-14H,3,7,9H2/b5-4+,21-14+,22-19-. The summed E-state index contributed by atoms with van der Waals surface area (Å²) >= 11 is 0. The average Bonchev–Trinajstić information content (AvgIpc) is 2.56. The molecule has 0 amide bonds. The topological polar surface area (TPSA) is 24.7 Å². The summed E-state index contributed by atoms with van der Waals surface area (Å²) in [6, 6.07) is 14.7. The van der Waals surface area contributed by atoms with Crippen molar-refractivity contribution in [2.75, 3.05) is 0 Å². The number of halogens is 1. The number of allylic oxidation sites excluding steroid dienone is 1. The molecule has 0 N–H and O–H groups in total. The second-order valence-corrected chi connectivity index (χ2v) is 5.23. The van der Waals surface area contributed by atoms with Crippen LogP contribution in [0.3, 0.4) is 0 Å². The third-order valence-corrected chi connectivity index (χ3v) is 3.68. The minimum atomic E-state index is -0.229. The van der Waals surface area contributed by atoms with Crippen molar-refractivity contribution < 1.29 is 4.39 Å². The van der Waals surface area contributed by atoms with Gasteiger partial charge in [-0.25, -0.2) is 4.39 Å². The number of hydrogen-bond donors (Lipinski definition) is 0. The lowest BCUT2D eigenvalue weighted by Gasteiger charge is -2.16. The molecule has 2 nitrogen and oxygen atoms in total. The molecular formula is C19H17FN2. The Morgan fingerprint density at radius 2 is 1.77 bits per heavy atom. The fourth-order valence-corrected chi connectivity index (χ4v) is 2.57. The van der Waals surface area contributed by atoms with Crippen molar-refractivity contribution in [1.82, 2.24) is 0 Å². The first-order chi connectivity index (χ1) is 10.8. The van der Waals surface area contributed by atoms with E-state index in [4.69, 9.17) is 0 Å². The van der Waals surface area contributed by atoms with Crippen molar-refractivity contribution in [3.8, 4) is 0 Å². The number of benzene rings is 2. The van der Waals surface area contributed by atoms with E-state index in [0.29, 0.717) is 0 Å². The fourth-order valence-electron chi connectivity index (χ4n) is 2.57. The minimum Gasteiger partial charge on any atom is -0.207 e. The summed E-state index contributed by atoms with van der Waals surface area (Å²) in [7, 11) is 0. The second-order valence-electron chi connectivity index (χ2n) is 5.23. The predicted molar refractivity (Wildman–Crippen MR) is 89.8 cm³/mol. The number of nitrogens with zero attached hydrogens (tertiary/aromatic N) is 2. The highest BCUT2D eigenvalue weighted by molar-refractivity contribution is 6.02. The largest absolute Gasteiger partial charge is 0.207 e. The number of fused-ring (bicyclic) bond motifs is 1. The summed E-state index contributed by atoms with van der Waals surface area (Å²) in [5.74, 6) is -0.229. The molecule has 0 fully saturated rings. The highest BCUT2D eigenvalue weighted by atomic mass is 19.1. The zero-order chi connectivity index (χ0) is 15.2. The Hall–Kier alpha value is -2.55.